The Hall–Kier alpha value is -3.30. The van der Waals surface area contributed by atoms with Gasteiger partial charge in [-0.05, 0) is 17.2 Å². The molecule has 0 saturated carbocycles. The van der Waals surface area contributed by atoms with Crippen molar-refractivity contribution in [1.29, 1.82) is 0 Å². The van der Waals surface area contributed by atoms with Crippen molar-refractivity contribution in [2.75, 3.05) is 0 Å². The van der Waals surface area contributed by atoms with Crippen LogP contribution >= 0.6 is 0 Å². The van der Waals surface area contributed by atoms with Gasteiger partial charge < -0.3 is 5.11 Å². The summed E-state index contributed by atoms with van der Waals surface area (Å²) < 4.78 is 0. The molecule has 0 fully saturated rings. The molecule has 0 heterocycles. The molecule has 0 bridgehead atoms. The average Bonchev–Trinajstić information content (AvgIpc) is 2.74. The summed E-state index contributed by atoms with van der Waals surface area (Å²) in [6.45, 7) is 0. The van der Waals surface area contributed by atoms with Gasteiger partial charge in [-0.2, -0.15) is 0 Å². The third kappa shape index (κ3) is 5.12. The van der Waals surface area contributed by atoms with Gasteiger partial charge in [-0.15, -0.1) is 0 Å². The monoisotopic (exact) mass is 370 g/mol. The summed E-state index contributed by atoms with van der Waals surface area (Å²) in [7, 11) is 0. The van der Waals surface area contributed by atoms with Crippen LogP contribution in [0.25, 0.3) is 6.08 Å². The molecule has 1 atom stereocenters. The maximum Gasteiger partial charge on any atom is 0.170 e. The molecule has 3 aromatic rings. The Bertz CT molecular complexity index is 947. The lowest BCUT2D eigenvalue weighted by molar-refractivity contribution is -0.121. The van der Waals surface area contributed by atoms with Crippen LogP contribution in [0.2, 0.25) is 0 Å². The summed E-state index contributed by atoms with van der Waals surface area (Å²) in [5.74, 6) is -0.550. The molecule has 3 nitrogen and oxygen atoms in total. The third-order valence-corrected chi connectivity index (χ3v) is 4.54. The SMILES string of the molecule is O=C(CC(=O)c1ccccc1)C[C@@](O)(/C=C\c1ccccc1)c1ccccc1. The molecule has 1 N–H and O–H groups in total. The van der Waals surface area contributed by atoms with Crippen molar-refractivity contribution in [2.45, 2.75) is 18.4 Å². The molecular weight excluding hydrogens is 348 g/mol. The second-order valence-corrected chi connectivity index (χ2v) is 6.72. The van der Waals surface area contributed by atoms with Gasteiger partial charge in [0.2, 0.25) is 0 Å². The highest BCUT2D eigenvalue weighted by Gasteiger charge is 2.30. The number of Topliss-reactive ketones (excluding diaryl/α,β-unsaturated/α-hetero) is 2. The molecule has 0 aliphatic rings. The summed E-state index contributed by atoms with van der Waals surface area (Å²) in [5, 5.41) is 11.3. The fraction of sp³-hybridized carbons (Fsp3) is 0.120. The first-order valence-electron chi connectivity index (χ1n) is 9.19. The van der Waals surface area contributed by atoms with Crippen molar-refractivity contribution < 1.29 is 14.7 Å². The van der Waals surface area contributed by atoms with Gasteiger partial charge in [0, 0.05) is 12.0 Å². The molecule has 0 spiro atoms. The Morgan fingerprint density at radius 1 is 0.786 bits per heavy atom. The van der Waals surface area contributed by atoms with Crippen LogP contribution in [0.1, 0.15) is 34.3 Å². The van der Waals surface area contributed by atoms with Crippen LogP contribution in [0.5, 0.6) is 0 Å². The number of rotatable bonds is 8. The topological polar surface area (TPSA) is 54.4 Å². The first-order valence-corrected chi connectivity index (χ1v) is 9.19. The van der Waals surface area contributed by atoms with Crippen molar-refractivity contribution in [3.63, 3.8) is 0 Å². The van der Waals surface area contributed by atoms with Crippen molar-refractivity contribution in [3.8, 4) is 0 Å². The van der Waals surface area contributed by atoms with E-state index < -0.39 is 5.60 Å². The lowest BCUT2D eigenvalue weighted by atomic mass is 9.86. The second kappa shape index (κ2) is 9.07. The fourth-order valence-electron chi connectivity index (χ4n) is 3.05. The number of hydrogen-bond donors (Lipinski definition) is 1. The molecule has 0 aromatic heterocycles. The van der Waals surface area contributed by atoms with Gasteiger partial charge in [0.05, 0.1) is 6.42 Å². The van der Waals surface area contributed by atoms with Crippen LogP contribution in [0.4, 0.5) is 0 Å². The fourth-order valence-corrected chi connectivity index (χ4v) is 3.05. The molecular formula is C25H22O3. The molecule has 0 amide bonds. The molecule has 0 radical (unpaired) electrons. The molecule has 3 rings (SSSR count). The van der Waals surface area contributed by atoms with Gasteiger partial charge in [-0.1, -0.05) is 97.1 Å². The highest BCUT2D eigenvalue weighted by atomic mass is 16.3. The average molecular weight is 370 g/mol. The Kier molecular flexibility index (Phi) is 6.30. The minimum Gasteiger partial charge on any atom is -0.381 e. The lowest BCUT2D eigenvalue weighted by Gasteiger charge is -2.24. The number of carbonyl (C=O) groups is 2. The van der Waals surface area contributed by atoms with Crippen LogP contribution in [-0.2, 0) is 10.4 Å². The van der Waals surface area contributed by atoms with E-state index in [0.717, 1.165) is 5.56 Å². The van der Waals surface area contributed by atoms with Crippen molar-refractivity contribution in [3.05, 3.63) is 114 Å². The minimum absolute atomic E-state index is 0.168. The molecule has 3 aromatic carbocycles. The molecule has 0 aliphatic carbocycles. The van der Waals surface area contributed by atoms with Crippen LogP contribution in [-0.4, -0.2) is 16.7 Å². The van der Waals surface area contributed by atoms with E-state index in [9.17, 15) is 14.7 Å². The van der Waals surface area contributed by atoms with Gasteiger partial charge >= 0.3 is 0 Å². The van der Waals surface area contributed by atoms with E-state index in [1.165, 1.54) is 0 Å². The molecule has 28 heavy (non-hydrogen) atoms. The second-order valence-electron chi connectivity index (χ2n) is 6.72. The van der Waals surface area contributed by atoms with E-state index in [1.807, 2.05) is 54.6 Å². The summed E-state index contributed by atoms with van der Waals surface area (Å²) in [4.78, 5) is 24.9. The van der Waals surface area contributed by atoms with Crippen molar-refractivity contribution in [1.82, 2.24) is 0 Å². The van der Waals surface area contributed by atoms with Gasteiger partial charge in [-0.3, -0.25) is 9.59 Å². The number of benzene rings is 3. The molecule has 3 heteroatoms. The summed E-state index contributed by atoms with van der Waals surface area (Å²) >= 11 is 0. The Balaban J connectivity index is 1.80. The van der Waals surface area contributed by atoms with Crippen molar-refractivity contribution in [2.24, 2.45) is 0 Å². The van der Waals surface area contributed by atoms with Crippen molar-refractivity contribution >= 4 is 17.6 Å². The van der Waals surface area contributed by atoms with Crippen LogP contribution in [0.3, 0.4) is 0 Å². The normalized spacial score (nSPS) is 13.2. The first kappa shape index (κ1) is 19.5. The predicted octanol–water partition coefficient (Wildman–Crippen LogP) is 4.82. The Labute approximate surface area is 165 Å². The zero-order chi connectivity index (χ0) is 19.8. The zero-order valence-corrected chi connectivity index (χ0v) is 15.5. The molecule has 0 aliphatic heterocycles. The highest BCUT2D eigenvalue weighted by Crippen LogP contribution is 2.29. The van der Waals surface area contributed by atoms with E-state index >= 15 is 0 Å². The molecule has 140 valence electrons. The van der Waals surface area contributed by atoms with E-state index in [0.29, 0.717) is 11.1 Å². The third-order valence-electron chi connectivity index (χ3n) is 4.54. The quantitative estimate of drug-likeness (QED) is 0.457. The van der Waals surface area contributed by atoms with Gasteiger partial charge in [0.25, 0.3) is 0 Å². The summed E-state index contributed by atoms with van der Waals surface area (Å²) in [6, 6.07) is 27.3. The van der Waals surface area contributed by atoms with Gasteiger partial charge in [-0.25, -0.2) is 0 Å². The standard InChI is InChI=1S/C25H22O3/c26-23(18-24(27)21-12-6-2-7-13-21)19-25(28,22-14-8-3-9-15-22)17-16-20-10-4-1-5-11-20/h1-17,28H,18-19H2/b17-16-/t25-/m0/s1. The highest BCUT2D eigenvalue weighted by molar-refractivity contribution is 6.08. The van der Waals surface area contributed by atoms with E-state index in [-0.39, 0.29) is 24.4 Å². The summed E-state index contributed by atoms with van der Waals surface area (Å²) in [6.07, 6.45) is 3.01. The smallest absolute Gasteiger partial charge is 0.170 e. The number of carbonyl (C=O) groups excluding carboxylic acids is 2. The number of aliphatic hydroxyl groups is 1. The number of ketones is 2. The largest absolute Gasteiger partial charge is 0.381 e. The van der Waals surface area contributed by atoms with Gasteiger partial charge in [0.15, 0.2) is 5.78 Å². The molecule has 0 unspecified atom stereocenters. The summed E-state index contributed by atoms with van der Waals surface area (Å²) in [5.41, 5.74) is 0.553. The lowest BCUT2D eigenvalue weighted by Crippen LogP contribution is -2.27. The van der Waals surface area contributed by atoms with E-state index in [2.05, 4.69) is 0 Å². The van der Waals surface area contributed by atoms with E-state index in [1.54, 1.807) is 48.6 Å². The van der Waals surface area contributed by atoms with Crippen LogP contribution in [0.15, 0.2) is 97.1 Å². The van der Waals surface area contributed by atoms with E-state index in [4.69, 9.17) is 0 Å². The van der Waals surface area contributed by atoms with Crippen LogP contribution < -0.4 is 0 Å². The van der Waals surface area contributed by atoms with Gasteiger partial charge in [0.1, 0.15) is 11.4 Å². The first-order chi connectivity index (χ1) is 13.6. The van der Waals surface area contributed by atoms with Crippen LogP contribution in [0, 0.1) is 0 Å². The predicted molar refractivity (Wildman–Crippen MR) is 111 cm³/mol. The minimum atomic E-state index is -1.48. The Morgan fingerprint density at radius 3 is 1.93 bits per heavy atom. The number of hydrogen-bond acceptors (Lipinski definition) is 3. The maximum atomic E-state index is 12.6. The zero-order valence-electron chi connectivity index (χ0n) is 15.5. The maximum absolute atomic E-state index is 12.6. The molecule has 0 saturated heterocycles. The Morgan fingerprint density at radius 2 is 1.32 bits per heavy atom.